The SMILES string of the molecule is CCN1C=CC=CCC1=O. The van der Waals surface area contributed by atoms with E-state index in [2.05, 4.69) is 0 Å². The largest absolute Gasteiger partial charge is 0.319 e. The molecule has 54 valence electrons. The van der Waals surface area contributed by atoms with Crippen LogP contribution in [0.2, 0.25) is 0 Å². The van der Waals surface area contributed by atoms with Gasteiger partial charge in [-0.1, -0.05) is 12.2 Å². The van der Waals surface area contributed by atoms with Gasteiger partial charge in [-0.25, -0.2) is 0 Å². The normalized spacial score (nSPS) is 17.7. The smallest absolute Gasteiger partial charge is 0.230 e. The molecule has 0 radical (unpaired) electrons. The van der Waals surface area contributed by atoms with Gasteiger partial charge in [0.2, 0.25) is 5.91 Å². The first kappa shape index (κ1) is 7.06. The van der Waals surface area contributed by atoms with Crippen molar-refractivity contribution in [2.75, 3.05) is 6.54 Å². The quantitative estimate of drug-likeness (QED) is 0.533. The van der Waals surface area contributed by atoms with Gasteiger partial charge in [0.1, 0.15) is 0 Å². The Labute approximate surface area is 60.8 Å². The molecule has 0 aromatic heterocycles. The highest BCUT2D eigenvalue weighted by atomic mass is 16.2. The summed E-state index contributed by atoms with van der Waals surface area (Å²) in [5.74, 6) is 0.174. The molecule has 0 unspecified atom stereocenters. The van der Waals surface area contributed by atoms with Crippen LogP contribution in [0.1, 0.15) is 13.3 Å². The Morgan fingerprint density at radius 2 is 2.40 bits per heavy atom. The van der Waals surface area contributed by atoms with Gasteiger partial charge >= 0.3 is 0 Å². The summed E-state index contributed by atoms with van der Waals surface area (Å²) in [6, 6.07) is 0. The monoisotopic (exact) mass is 137 g/mol. The van der Waals surface area contributed by atoms with Crippen LogP contribution in [0.15, 0.2) is 24.4 Å². The van der Waals surface area contributed by atoms with Crippen LogP contribution in [0.3, 0.4) is 0 Å². The Kier molecular flexibility index (Phi) is 2.26. The topological polar surface area (TPSA) is 20.3 Å². The van der Waals surface area contributed by atoms with Crippen LogP contribution in [0, 0.1) is 0 Å². The first-order chi connectivity index (χ1) is 4.84. The number of hydrogen-bond acceptors (Lipinski definition) is 1. The Hall–Kier alpha value is -1.05. The maximum atomic E-state index is 11.1. The van der Waals surface area contributed by atoms with Gasteiger partial charge in [0.05, 0.1) is 0 Å². The fourth-order valence-electron chi connectivity index (χ4n) is 0.883. The lowest BCUT2D eigenvalue weighted by molar-refractivity contribution is -0.127. The fraction of sp³-hybridized carbons (Fsp3) is 0.375. The molecule has 10 heavy (non-hydrogen) atoms. The molecule has 0 atom stereocenters. The van der Waals surface area contributed by atoms with E-state index in [1.54, 1.807) is 4.90 Å². The van der Waals surface area contributed by atoms with Crippen molar-refractivity contribution in [3.63, 3.8) is 0 Å². The molecular formula is C8H11NO. The van der Waals surface area contributed by atoms with Gasteiger partial charge in [0.25, 0.3) is 0 Å². The van der Waals surface area contributed by atoms with Crippen LogP contribution in [0.5, 0.6) is 0 Å². The van der Waals surface area contributed by atoms with Gasteiger partial charge in [-0.15, -0.1) is 0 Å². The van der Waals surface area contributed by atoms with Crippen LogP contribution in [-0.2, 0) is 4.79 Å². The van der Waals surface area contributed by atoms with E-state index < -0.39 is 0 Å². The van der Waals surface area contributed by atoms with E-state index in [0.717, 1.165) is 6.54 Å². The average Bonchev–Trinajstić information content (AvgIpc) is 2.13. The molecular weight excluding hydrogens is 126 g/mol. The lowest BCUT2D eigenvalue weighted by atomic mass is 10.3. The molecule has 0 aromatic rings. The van der Waals surface area contributed by atoms with E-state index in [-0.39, 0.29) is 5.91 Å². The predicted octanol–water partition coefficient (Wildman–Crippen LogP) is 1.31. The highest BCUT2D eigenvalue weighted by molar-refractivity contribution is 5.79. The third kappa shape index (κ3) is 1.47. The molecule has 1 aliphatic heterocycles. The summed E-state index contributed by atoms with van der Waals surface area (Å²) in [4.78, 5) is 12.8. The minimum atomic E-state index is 0.174. The number of amides is 1. The maximum Gasteiger partial charge on any atom is 0.230 e. The fourth-order valence-corrected chi connectivity index (χ4v) is 0.883. The molecule has 1 heterocycles. The zero-order valence-electron chi connectivity index (χ0n) is 6.08. The number of nitrogens with zero attached hydrogens (tertiary/aromatic N) is 1. The van der Waals surface area contributed by atoms with Crippen molar-refractivity contribution in [2.45, 2.75) is 13.3 Å². The molecule has 2 nitrogen and oxygen atoms in total. The van der Waals surface area contributed by atoms with Crippen LogP contribution < -0.4 is 0 Å². The summed E-state index contributed by atoms with van der Waals surface area (Å²) in [7, 11) is 0. The van der Waals surface area contributed by atoms with Crippen molar-refractivity contribution in [3.8, 4) is 0 Å². The Bertz CT molecular complexity index is 182. The first-order valence-corrected chi connectivity index (χ1v) is 3.47. The summed E-state index contributed by atoms with van der Waals surface area (Å²) in [5, 5.41) is 0. The molecule has 0 saturated heterocycles. The Morgan fingerprint density at radius 3 is 3.10 bits per heavy atom. The van der Waals surface area contributed by atoms with Crippen molar-refractivity contribution < 1.29 is 4.79 Å². The van der Waals surface area contributed by atoms with Crippen LogP contribution in [-0.4, -0.2) is 17.4 Å². The number of rotatable bonds is 1. The minimum absolute atomic E-state index is 0.174. The molecule has 0 saturated carbocycles. The summed E-state index contributed by atoms with van der Waals surface area (Å²) in [6.45, 7) is 2.73. The summed E-state index contributed by atoms with van der Waals surface area (Å²) in [6.07, 6.45) is 7.99. The molecule has 2 heteroatoms. The Morgan fingerprint density at radius 1 is 1.60 bits per heavy atom. The lowest BCUT2D eigenvalue weighted by Crippen LogP contribution is -2.23. The molecule has 1 amide bonds. The molecule has 0 aromatic carbocycles. The van der Waals surface area contributed by atoms with Gasteiger partial charge in [0, 0.05) is 19.2 Å². The number of hydrogen-bond donors (Lipinski definition) is 0. The van der Waals surface area contributed by atoms with Gasteiger partial charge in [-0.05, 0) is 13.0 Å². The molecule has 0 N–H and O–H groups in total. The average molecular weight is 137 g/mol. The summed E-state index contributed by atoms with van der Waals surface area (Å²) in [5.41, 5.74) is 0. The summed E-state index contributed by atoms with van der Waals surface area (Å²) < 4.78 is 0. The van der Waals surface area contributed by atoms with E-state index in [4.69, 9.17) is 0 Å². The van der Waals surface area contributed by atoms with Crippen molar-refractivity contribution in [1.82, 2.24) is 4.90 Å². The Balaban J connectivity index is 2.66. The van der Waals surface area contributed by atoms with Crippen LogP contribution in [0.25, 0.3) is 0 Å². The van der Waals surface area contributed by atoms with Crippen molar-refractivity contribution in [1.29, 1.82) is 0 Å². The maximum absolute atomic E-state index is 11.1. The number of carbonyl (C=O) groups is 1. The molecule has 0 fully saturated rings. The van der Waals surface area contributed by atoms with Crippen molar-refractivity contribution >= 4 is 5.91 Å². The van der Waals surface area contributed by atoms with E-state index in [0.29, 0.717) is 6.42 Å². The second kappa shape index (κ2) is 3.20. The second-order valence-corrected chi connectivity index (χ2v) is 2.15. The van der Waals surface area contributed by atoms with Crippen LogP contribution in [0.4, 0.5) is 0 Å². The number of carbonyl (C=O) groups excluding carboxylic acids is 1. The van der Waals surface area contributed by atoms with E-state index >= 15 is 0 Å². The number of allylic oxidation sites excluding steroid dienone is 2. The van der Waals surface area contributed by atoms with Crippen molar-refractivity contribution in [2.24, 2.45) is 0 Å². The second-order valence-electron chi connectivity index (χ2n) is 2.15. The highest BCUT2D eigenvalue weighted by Crippen LogP contribution is 2.00. The molecule has 0 spiro atoms. The van der Waals surface area contributed by atoms with Gasteiger partial charge in [-0.2, -0.15) is 0 Å². The van der Waals surface area contributed by atoms with Crippen LogP contribution >= 0.6 is 0 Å². The zero-order chi connectivity index (χ0) is 7.40. The van der Waals surface area contributed by atoms with E-state index in [1.807, 2.05) is 31.4 Å². The van der Waals surface area contributed by atoms with E-state index in [1.165, 1.54) is 0 Å². The van der Waals surface area contributed by atoms with Gasteiger partial charge in [-0.3, -0.25) is 4.79 Å². The van der Waals surface area contributed by atoms with Crippen molar-refractivity contribution in [3.05, 3.63) is 24.4 Å². The molecule has 0 aliphatic carbocycles. The minimum Gasteiger partial charge on any atom is -0.319 e. The summed E-state index contributed by atoms with van der Waals surface area (Å²) >= 11 is 0. The van der Waals surface area contributed by atoms with E-state index in [9.17, 15) is 4.79 Å². The molecule has 0 bridgehead atoms. The van der Waals surface area contributed by atoms with Gasteiger partial charge < -0.3 is 4.90 Å². The third-order valence-electron chi connectivity index (χ3n) is 1.47. The molecule has 1 aliphatic rings. The third-order valence-corrected chi connectivity index (χ3v) is 1.47. The standard InChI is InChI=1S/C8H11NO/c1-2-9-7-5-3-4-6-8(9)10/h3-5,7H,2,6H2,1H3. The molecule has 1 rings (SSSR count). The highest BCUT2D eigenvalue weighted by Gasteiger charge is 2.06. The zero-order valence-corrected chi connectivity index (χ0v) is 6.08. The predicted molar refractivity (Wildman–Crippen MR) is 40.3 cm³/mol. The first-order valence-electron chi connectivity index (χ1n) is 3.47. The van der Waals surface area contributed by atoms with Gasteiger partial charge in [0.15, 0.2) is 0 Å². The lowest BCUT2D eigenvalue weighted by Gasteiger charge is -2.12.